The number of aliphatic hydroxyl groups is 1. The lowest BCUT2D eigenvalue weighted by Gasteiger charge is -2.38. The summed E-state index contributed by atoms with van der Waals surface area (Å²) in [6.07, 6.45) is 3.99. The van der Waals surface area contributed by atoms with E-state index < -0.39 is 35.5 Å². The number of thiophene rings is 1. The minimum absolute atomic E-state index is 0.0667. The van der Waals surface area contributed by atoms with Gasteiger partial charge in [0.15, 0.2) is 0 Å². The van der Waals surface area contributed by atoms with Gasteiger partial charge in [-0.15, -0.1) is 0 Å². The first-order valence-corrected chi connectivity index (χ1v) is 12.5. The second-order valence-electron chi connectivity index (χ2n) is 9.73. The van der Waals surface area contributed by atoms with E-state index in [9.17, 15) is 18.7 Å². The lowest BCUT2D eigenvalue weighted by atomic mass is 9.93. The molecule has 182 valence electrons. The maximum atomic E-state index is 13.8. The van der Waals surface area contributed by atoms with Crippen LogP contribution in [0.3, 0.4) is 0 Å². The molecule has 2 aromatic rings. The molecule has 5 nitrogen and oxygen atoms in total. The zero-order valence-corrected chi connectivity index (χ0v) is 20.3. The SMILES string of the molecule is CC(C)(C)OC(=O)NC(Cc1cc(F)cc(F)c1)C(O)CN(c1ccsc1)C1CCCCC1. The summed E-state index contributed by atoms with van der Waals surface area (Å²) in [7, 11) is 0. The Morgan fingerprint density at radius 1 is 1.21 bits per heavy atom. The van der Waals surface area contributed by atoms with Crippen LogP contribution in [0.4, 0.5) is 19.3 Å². The lowest BCUT2D eigenvalue weighted by Crippen LogP contribution is -2.52. The minimum atomic E-state index is -0.981. The highest BCUT2D eigenvalue weighted by Gasteiger charge is 2.30. The molecular weight excluding hydrogens is 446 g/mol. The molecule has 0 aliphatic heterocycles. The smallest absolute Gasteiger partial charge is 0.407 e. The van der Waals surface area contributed by atoms with E-state index in [4.69, 9.17) is 4.74 Å². The highest BCUT2D eigenvalue weighted by Crippen LogP contribution is 2.29. The number of nitrogens with one attached hydrogen (secondary N) is 1. The summed E-state index contributed by atoms with van der Waals surface area (Å²) in [6, 6.07) is 4.79. The number of hydrogen-bond acceptors (Lipinski definition) is 5. The van der Waals surface area contributed by atoms with Crippen LogP contribution in [0.1, 0.15) is 58.4 Å². The van der Waals surface area contributed by atoms with Crippen LogP contribution in [0.15, 0.2) is 35.0 Å². The maximum Gasteiger partial charge on any atom is 0.407 e. The second-order valence-corrected chi connectivity index (χ2v) is 10.5. The Morgan fingerprint density at radius 2 is 1.88 bits per heavy atom. The number of carbonyl (C=O) groups excluding carboxylic acids is 1. The highest BCUT2D eigenvalue weighted by molar-refractivity contribution is 7.08. The van der Waals surface area contributed by atoms with Gasteiger partial charge in [-0.25, -0.2) is 13.6 Å². The Morgan fingerprint density at radius 3 is 2.45 bits per heavy atom. The van der Waals surface area contributed by atoms with E-state index in [-0.39, 0.29) is 6.42 Å². The largest absolute Gasteiger partial charge is 0.444 e. The third-order valence-corrected chi connectivity index (χ3v) is 6.45. The molecule has 2 unspecified atom stereocenters. The van der Waals surface area contributed by atoms with Crippen LogP contribution in [-0.4, -0.2) is 41.5 Å². The normalized spacial score (nSPS) is 16.8. The van der Waals surface area contributed by atoms with Gasteiger partial charge in [0.1, 0.15) is 17.2 Å². The lowest BCUT2D eigenvalue weighted by molar-refractivity contribution is 0.0426. The van der Waals surface area contributed by atoms with Crippen molar-refractivity contribution in [3.8, 4) is 0 Å². The number of alkyl carbamates (subject to hydrolysis) is 1. The minimum Gasteiger partial charge on any atom is -0.444 e. The van der Waals surface area contributed by atoms with Crippen LogP contribution in [0.2, 0.25) is 0 Å². The van der Waals surface area contributed by atoms with E-state index in [0.717, 1.165) is 37.4 Å². The Kier molecular flexibility index (Phi) is 8.70. The number of carbonyl (C=O) groups is 1. The van der Waals surface area contributed by atoms with Crippen molar-refractivity contribution in [2.45, 2.75) is 83.1 Å². The maximum absolute atomic E-state index is 13.8. The van der Waals surface area contributed by atoms with E-state index in [1.807, 2.05) is 11.4 Å². The number of rotatable bonds is 8. The van der Waals surface area contributed by atoms with Crippen molar-refractivity contribution in [3.63, 3.8) is 0 Å². The summed E-state index contributed by atoms with van der Waals surface area (Å²) in [5.74, 6) is -1.39. The summed E-state index contributed by atoms with van der Waals surface area (Å²) in [5.41, 5.74) is 0.682. The zero-order chi connectivity index (χ0) is 24.0. The van der Waals surface area contributed by atoms with Crippen molar-refractivity contribution in [2.24, 2.45) is 0 Å². The number of amides is 1. The average Bonchev–Trinajstić information content (AvgIpc) is 3.24. The molecule has 1 aliphatic carbocycles. The monoisotopic (exact) mass is 480 g/mol. The predicted octanol–water partition coefficient (Wildman–Crippen LogP) is 5.66. The van der Waals surface area contributed by atoms with E-state index >= 15 is 0 Å². The molecule has 3 rings (SSSR count). The second kappa shape index (κ2) is 11.3. The molecule has 0 radical (unpaired) electrons. The molecule has 1 heterocycles. The Bertz CT molecular complexity index is 875. The van der Waals surface area contributed by atoms with Crippen molar-refractivity contribution in [1.82, 2.24) is 5.32 Å². The number of hydrogen-bond donors (Lipinski definition) is 2. The van der Waals surface area contributed by atoms with Crippen LogP contribution >= 0.6 is 11.3 Å². The van der Waals surface area contributed by atoms with Crippen molar-refractivity contribution in [2.75, 3.05) is 11.4 Å². The molecule has 0 bridgehead atoms. The fourth-order valence-electron chi connectivity index (χ4n) is 4.33. The van der Waals surface area contributed by atoms with Gasteiger partial charge in [0, 0.05) is 29.7 Å². The number of ether oxygens (including phenoxy) is 1. The number of anilines is 1. The Labute approximate surface area is 198 Å². The molecular formula is C25H34F2N2O3S. The van der Waals surface area contributed by atoms with Gasteiger partial charge in [0.2, 0.25) is 0 Å². The topological polar surface area (TPSA) is 61.8 Å². The Hall–Kier alpha value is -2.19. The van der Waals surface area contributed by atoms with Gasteiger partial charge in [-0.3, -0.25) is 0 Å². The summed E-state index contributed by atoms with van der Waals surface area (Å²) in [5, 5.41) is 18.1. The van der Waals surface area contributed by atoms with Crippen LogP contribution in [0, 0.1) is 11.6 Å². The number of aliphatic hydroxyl groups excluding tert-OH is 1. The highest BCUT2D eigenvalue weighted by atomic mass is 32.1. The molecule has 1 aromatic heterocycles. The Balaban J connectivity index is 1.81. The molecule has 2 N–H and O–H groups in total. The molecule has 0 saturated heterocycles. The molecule has 2 atom stereocenters. The van der Waals surface area contributed by atoms with Gasteiger partial charge >= 0.3 is 6.09 Å². The van der Waals surface area contributed by atoms with Crippen molar-refractivity contribution < 1.29 is 23.4 Å². The van der Waals surface area contributed by atoms with Gasteiger partial charge in [-0.2, -0.15) is 11.3 Å². The van der Waals surface area contributed by atoms with Gasteiger partial charge in [0.25, 0.3) is 0 Å². The van der Waals surface area contributed by atoms with Crippen LogP contribution < -0.4 is 10.2 Å². The predicted molar refractivity (Wildman–Crippen MR) is 128 cm³/mol. The fourth-order valence-corrected chi connectivity index (χ4v) is 4.98. The van der Waals surface area contributed by atoms with Crippen molar-refractivity contribution in [1.29, 1.82) is 0 Å². The van der Waals surface area contributed by atoms with E-state index in [0.29, 0.717) is 18.2 Å². The van der Waals surface area contributed by atoms with Crippen molar-refractivity contribution in [3.05, 3.63) is 52.2 Å². The van der Waals surface area contributed by atoms with Gasteiger partial charge < -0.3 is 20.1 Å². The molecule has 1 aromatic carbocycles. The van der Waals surface area contributed by atoms with E-state index in [1.165, 1.54) is 18.6 Å². The van der Waals surface area contributed by atoms with Crippen LogP contribution in [0.5, 0.6) is 0 Å². The summed E-state index contributed by atoms with van der Waals surface area (Å²) in [4.78, 5) is 14.7. The van der Waals surface area contributed by atoms with Gasteiger partial charge in [0.05, 0.1) is 12.1 Å². The standard InChI is InChI=1S/C25H34F2N2O3S/c1-25(2,3)32-24(31)28-22(13-17-11-18(26)14-19(27)12-17)23(30)15-29(21-9-10-33-16-21)20-7-5-4-6-8-20/h9-12,14,16,20,22-23,30H,4-8,13,15H2,1-3H3,(H,28,31). The molecule has 1 amide bonds. The molecule has 33 heavy (non-hydrogen) atoms. The fraction of sp³-hybridized carbons (Fsp3) is 0.560. The molecule has 0 spiro atoms. The third-order valence-electron chi connectivity index (χ3n) is 5.78. The van der Waals surface area contributed by atoms with E-state index in [2.05, 4.69) is 15.6 Å². The summed E-state index contributed by atoms with van der Waals surface area (Å²) in [6.45, 7) is 5.55. The van der Waals surface area contributed by atoms with Crippen LogP contribution in [0.25, 0.3) is 0 Å². The van der Waals surface area contributed by atoms with E-state index in [1.54, 1.807) is 32.1 Å². The molecule has 1 saturated carbocycles. The zero-order valence-electron chi connectivity index (χ0n) is 19.5. The number of halogens is 2. The average molecular weight is 481 g/mol. The molecule has 1 aliphatic rings. The quantitative estimate of drug-likeness (QED) is 0.512. The first-order chi connectivity index (χ1) is 15.6. The summed E-state index contributed by atoms with van der Waals surface area (Å²) >= 11 is 1.59. The van der Waals surface area contributed by atoms with Gasteiger partial charge in [-0.1, -0.05) is 19.3 Å². The molecule has 8 heteroatoms. The van der Waals surface area contributed by atoms with Crippen LogP contribution in [-0.2, 0) is 11.2 Å². The third kappa shape index (κ3) is 7.96. The first kappa shape index (κ1) is 25.4. The first-order valence-electron chi connectivity index (χ1n) is 11.5. The van der Waals surface area contributed by atoms with Gasteiger partial charge in [-0.05, 0) is 69.2 Å². The number of benzene rings is 1. The summed E-state index contributed by atoms with van der Waals surface area (Å²) < 4.78 is 32.9. The van der Waals surface area contributed by atoms with Crippen molar-refractivity contribution >= 4 is 23.1 Å². The molecule has 1 fully saturated rings. The number of nitrogens with zero attached hydrogens (tertiary/aromatic N) is 1.